The van der Waals surface area contributed by atoms with E-state index in [9.17, 15) is 9.18 Å². The molecule has 0 aliphatic heterocycles. The maximum Gasteiger partial charge on any atom is 0.335 e. The van der Waals surface area contributed by atoms with Crippen molar-refractivity contribution < 1.29 is 14.3 Å². The first kappa shape index (κ1) is 18.3. The molecule has 0 saturated carbocycles. The number of benzene rings is 2. The predicted octanol–water partition coefficient (Wildman–Crippen LogP) is 4.02. The lowest BCUT2D eigenvalue weighted by Crippen LogP contribution is -2.08. The second kappa shape index (κ2) is 8.27. The number of hydrogen-bond donors (Lipinski definition) is 3. The molecule has 0 bridgehead atoms. The van der Waals surface area contributed by atoms with Crippen LogP contribution in [0.3, 0.4) is 0 Å². The molecule has 138 valence electrons. The second-order valence-electron chi connectivity index (χ2n) is 6.00. The van der Waals surface area contributed by atoms with E-state index >= 15 is 0 Å². The number of carboxylic acid groups (broad SMARTS) is 1. The van der Waals surface area contributed by atoms with E-state index in [2.05, 4.69) is 20.6 Å². The highest BCUT2D eigenvalue weighted by Gasteiger charge is 2.06. The first-order valence-corrected chi connectivity index (χ1v) is 8.44. The Hall–Kier alpha value is -3.48. The summed E-state index contributed by atoms with van der Waals surface area (Å²) in [7, 11) is 0. The molecular weight excluding hydrogens is 347 g/mol. The van der Waals surface area contributed by atoms with Gasteiger partial charge in [-0.2, -0.15) is 0 Å². The lowest BCUT2D eigenvalue weighted by molar-refractivity contribution is 0.0697. The largest absolute Gasteiger partial charge is 0.478 e. The van der Waals surface area contributed by atoms with Crippen LogP contribution in [0.2, 0.25) is 0 Å². The van der Waals surface area contributed by atoms with Gasteiger partial charge in [-0.3, -0.25) is 0 Å². The summed E-state index contributed by atoms with van der Waals surface area (Å²) in [6.07, 6.45) is 0.729. The molecule has 0 amide bonds. The molecule has 6 nitrogen and oxygen atoms in total. The molecule has 0 saturated heterocycles. The number of hydrogen-bond acceptors (Lipinski definition) is 5. The Bertz CT molecular complexity index is 945. The molecule has 1 aromatic heterocycles. The van der Waals surface area contributed by atoms with Crippen molar-refractivity contribution in [2.75, 3.05) is 17.2 Å². The van der Waals surface area contributed by atoms with E-state index in [4.69, 9.17) is 5.11 Å². The highest BCUT2D eigenvalue weighted by molar-refractivity contribution is 5.89. The topological polar surface area (TPSA) is 87.1 Å². The Morgan fingerprint density at radius 2 is 1.81 bits per heavy atom. The molecule has 3 N–H and O–H groups in total. The normalized spacial score (nSPS) is 10.4. The third-order valence-corrected chi connectivity index (χ3v) is 3.85. The lowest BCUT2D eigenvalue weighted by atomic mass is 10.1. The van der Waals surface area contributed by atoms with Gasteiger partial charge in [0.25, 0.3) is 0 Å². The molecule has 0 aliphatic carbocycles. The molecule has 3 rings (SSSR count). The molecule has 3 aromatic rings. The summed E-state index contributed by atoms with van der Waals surface area (Å²) in [5.41, 5.74) is 1.85. The Labute approximate surface area is 156 Å². The van der Waals surface area contributed by atoms with E-state index < -0.39 is 5.97 Å². The Kier molecular flexibility index (Phi) is 5.61. The number of aromatic carboxylic acids is 1. The number of rotatable bonds is 7. The third kappa shape index (κ3) is 5.24. The zero-order valence-electron chi connectivity index (χ0n) is 14.7. The minimum absolute atomic E-state index is 0.198. The number of carbonyl (C=O) groups is 1. The molecule has 27 heavy (non-hydrogen) atoms. The molecule has 0 aliphatic rings. The van der Waals surface area contributed by atoms with Crippen LogP contribution in [-0.4, -0.2) is 27.6 Å². The van der Waals surface area contributed by atoms with E-state index in [1.165, 1.54) is 18.2 Å². The van der Waals surface area contributed by atoms with E-state index in [0.717, 1.165) is 12.0 Å². The maximum atomic E-state index is 12.9. The monoisotopic (exact) mass is 366 g/mol. The van der Waals surface area contributed by atoms with E-state index in [0.29, 0.717) is 29.7 Å². The Morgan fingerprint density at radius 1 is 1.07 bits per heavy atom. The van der Waals surface area contributed by atoms with Gasteiger partial charge < -0.3 is 15.7 Å². The molecule has 1 heterocycles. The fraction of sp³-hybridized carbons (Fsp3) is 0.150. The summed E-state index contributed by atoms with van der Waals surface area (Å²) >= 11 is 0. The van der Waals surface area contributed by atoms with Gasteiger partial charge in [0, 0.05) is 18.3 Å². The quantitative estimate of drug-likeness (QED) is 0.585. The van der Waals surface area contributed by atoms with Crippen molar-refractivity contribution in [3.8, 4) is 0 Å². The van der Waals surface area contributed by atoms with Crippen molar-refractivity contribution in [3.63, 3.8) is 0 Å². The highest BCUT2D eigenvalue weighted by Crippen LogP contribution is 2.19. The predicted molar refractivity (Wildman–Crippen MR) is 102 cm³/mol. The molecule has 0 atom stereocenters. The zero-order valence-corrected chi connectivity index (χ0v) is 14.7. The molecule has 0 spiro atoms. The van der Waals surface area contributed by atoms with Crippen LogP contribution >= 0.6 is 0 Å². The Balaban J connectivity index is 1.66. The van der Waals surface area contributed by atoms with Gasteiger partial charge in [0.15, 0.2) is 0 Å². The van der Waals surface area contributed by atoms with Crippen LogP contribution in [0.4, 0.5) is 21.7 Å². The Morgan fingerprint density at radius 3 is 2.56 bits per heavy atom. The fourth-order valence-corrected chi connectivity index (χ4v) is 2.59. The van der Waals surface area contributed by atoms with Crippen LogP contribution in [0.25, 0.3) is 0 Å². The van der Waals surface area contributed by atoms with Crippen molar-refractivity contribution in [2.45, 2.75) is 13.3 Å². The summed E-state index contributed by atoms with van der Waals surface area (Å²) in [6, 6.07) is 14.7. The summed E-state index contributed by atoms with van der Waals surface area (Å²) in [4.78, 5) is 19.8. The van der Waals surface area contributed by atoms with Gasteiger partial charge in [0.1, 0.15) is 23.3 Å². The average Bonchev–Trinajstić information content (AvgIpc) is 2.63. The second-order valence-corrected chi connectivity index (χ2v) is 6.00. The maximum absolute atomic E-state index is 12.9. The van der Waals surface area contributed by atoms with Crippen LogP contribution in [0.5, 0.6) is 0 Å². The third-order valence-electron chi connectivity index (χ3n) is 3.85. The van der Waals surface area contributed by atoms with Gasteiger partial charge in [-0.1, -0.05) is 18.2 Å². The van der Waals surface area contributed by atoms with Gasteiger partial charge in [-0.15, -0.1) is 0 Å². The molecule has 0 fully saturated rings. The van der Waals surface area contributed by atoms with Gasteiger partial charge in [-0.25, -0.2) is 19.2 Å². The number of aromatic nitrogens is 2. The molecule has 0 unspecified atom stereocenters. The van der Waals surface area contributed by atoms with Crippen LogP contribution in [-0.2, 0) is 6.42 Å². The number of nitrogens with zero attached hydrogens (tertiary/aromatic N) is 2. The summed E-state index contributed by atoms with van der Waals surface area (Å²) in [5, 5.41) is 15.4. The SMILES string of the molecule is Cc1nc(NCCc2ccc(F)cc2)cc(Nc2cccc(C(=O)O)c2)n1. The van der Waals surface area contributed by atoms with Crippen molar-refractivity contribution in [1.82, 2.24) is 9.97 Å². The van der Waals surface area contributed by atoms with E-state index in [-0.39, 0.29) is 11.4 Å². The van der Waals surface area contributed by atoms with Crippen LogP contribution in [0, 0.1) is 12.7 Å². The molecule has 2 aromatic carbocycles. The summed E-state index contributed by atoms with van der Waals surface area (Å²) in [5.74, 6) is 0.566. The van der Waals surface area contributed by atoms with Crippen molar-refractivity contribution >= 4 is 23.3 Å². The van der Waals surface area contributed by atoms with Crippen LogP contribution in [0.1, 0.15) is 21.7 Å². The zero-order chi connectivity index (χ0) is 19.2. The van der Waals surface area contributed by atoms with Gasteiger partial charge >= 0.3 is 5.97 Å². The fourth-order valence-electron chi connectivity index (χ4n) is 2.59. The van der Waals surface area contributed by atoms with Crippen molar-refractivity contribution in [3.05, 3.63) is 77.4 Å². The highest BCUT2D eigenvalue weighted by atomic mass is 19.1. The first-order chi connectivity index (χ1) is 13.0. The smallest absolute Gasteiger partial charge is 0.335 e. The number of halogens is 1. The average molecular weight is 366 g/mol. The van der Waals surface area contributed by atoms with Crippen LogP contribution < -0.4 is 10.6 Å². The van der Waals surface area contributed by atoms with Gasteiger partial charge in [0.2, 0.25) is 0 Å². The summed E-state index contributed by atoms with van der Waals surface area (Å²) < 4.78 is 12.9. The van der Waals surface area contributed by atoms with Crippen LogP contribution in [0.15, 0.2) is 54.6 Å². The summed E-state index contributed by atoms with van der Waals surface area (Å²) in [6.45, 7) is 2.42. The number of nitrogens with one attached hydrogen (secondary N) is 2. The minimum atomic E-state index is -0.985. The molecule has 0 radical (unpaired) electrons. The lowest BCUT2D eigenvalue weighted by Gasteiger charge is -2.11. The van der Waals surface area contributed by atoms with Crippen molar-refractivity contribution in [1.29, 1.82) is 0 Å². The van der Waals surface area contributed by atoms with Gasteiger partial charge in [0.05, 0.1) is 5.56 Å². The minimum Gasteiger partial charge on any atom is -0.478 e. The van der Waals surface area contributed by atoms with E-state index in [1.807, 2.05) is 0 Å². The number of carboxylic acids is 1. The molecule has 7 heteroatoms. The molecular formula is C20H19FN4O2. The van der Waals surface area contributed by atoms with E-state index in [1.54, 1.807) is 43.3 Å². The number of aryl methyl sites for hydroxylation is 1. The number of anilines is 3. The first-order valence-electron chi connectivity index (χ1n) is 8.44. The standard InChI is InChI=1S/C20H19FN4O2/c1-13-23-18(22-10-9-14-5-7-16(21)8-6-14)12-19(24-13)25-17-4-2-3-15(11-17)20(26)27/h2-8,11-12H,9-10H2,1H3,(H,26,27)(H2,22,23,24,25). The van der Waals surface area contributed by atoms with Crippen molar-refractivity contribution in [2.24, 2.45) is 0 Å². The van der Waals surface area contributed by atoms with Gasteiger partial charge in [-0.05, 0) is 49.2 Å².